The van der Waals surface area contributed by atoms with Gasteiger partial charge in [-0.2, -0.15) is 0 Å². The average molecular weight is 257 g/mol. The van der Waals surface area contributed by atoms with E-state index in [-0.39, 0.29) is 12.5 Å². The van der Waals surface area contributed by atoms with E-state index in [1.165, 1.54) is 12.7 Å². The minimum absolute atomic E-state index is 0.0784. The average Bonchev–Trinajstić information content (AvgIpc) is 2.46. The minimum atomic E-state index is -0.343. The molecule has 1 aromatic carbocycles. The van der Waals surface area contributed by atoms with E-state index >= 15 is 0 Å². The smallest absolute Gasteiger partial charge is 0.325 e. The highest BCUT2D eigenvalue weighted by molar-refractivity contribution is 5.74. The minimum Gasteiger partial charge on any atom is -0.468 e. The van der Waals surface area contributed by atoms with Crippen LogP contribution >= 0.6 is 0 Å². The third-order valence-corrected chi connectivity index (χ3v) is 2.65. The van der Waals surface area contributed by atoms with Crippen LogP contribution in [-0.4, -0.2) is 29.8 Å². The Balaban J connectivity index is 2.06. The number of methoxy groups -OCH3 is 1. The molecule has 0 unspecified atom stereocenters. The molecule has 1 aromatic heterocycles. The Morgan fingerprint density at radius 3 is 2.47 bits per heavy atom. The highest BCUT2D eigenvalue weighted by Gasteiger charge is 2.03. The first-order valence-corrected chi connectivity index (χ1v) is 5.90. The number of hydrogen-bond donors (Lipinski definition) is 1. The summed E-state index contributed by atoms with van der Waals surface area (Å²) in [7, 11) is 1.34. The summed E-state index contributed by atoms with van der Waals surface area (Å²) in [6.07, 6.45) is 0. The Bertz CT molecular complexity index is 550. The predicted molar refractivity (Wildman–Crippen MR) is 72.7 cm³/mol. The molecule has 0 aliphatic rings. The van der Waals surface area contributed by atoms with Crippen LogP contribution in [0.5, 0.6) is 0 Å². The number of carbonyl (C=O) groups excluding carboxylic acids is 1. The molecule has 2 aromatic rings. The van der Waals surface area contributed by atoms with Gasteiger partial charge in [-0.25, -0.2) is 0 Å². The van der Waals surface area contributed by atoms with E-state index in [1.807, 2.05) is 37.3 Å². The first-order chi connectivity index (χ1) is 9.19. The van der Waals surface area contributed by atoms with Crippen molar-refractivity contribution in [1.29, 1.82) is 0 Å². The van der Waals surface area contributed by atoms with E-state index in [9.17, 15) is 4.79 Å². The Kier molecular flexibility index (Phi) is 4.07. The maximum atomic E-state index is 11.0. The molecule has 19 heavy (non-hydrogen) atoms. The molecule has 2 rings (SSSR count). The molecule has 0 fully saturated rings. The molecular weight excluding hydrogens is 242 g/mol. The van der Waals surface area contributed by atoms with Gasteiger partial charge < -0.3 is 10.1 Å². The maximum Gasteiger partial charge on any atom is 0.325 e. The van der Waals surface area contributed by atoms with Crippen molar-refractivity contribution in [2.45, 2.75) is 6.92 Å². The van der Waals surface area contributed by atoms with Crippen molar-refractivity contribution in [3.63, 3.8) is 0 Å². The lowest BCUT2D eigenvalue weighted by molar-refractivity contribution is -0.138. The molecule has 5 heteroatoms. The number of hydrogen-bond acceptors (Lipinski definition) is 5. The van der Waals surface area contributed by atoms with E-state index in [0.717, 1.165) is 11.3 Å². The van der Waals surface area contributed by atoms with E-state index in [4.69, 9.17) is 0 Å². The van der Waals surface area contributed by atoms with Crippen LogP contribution in [0.1, 0.15) is 5.56 Å². The van der Waals surface area contributed by atoms with Gasteiger partial charge in [-0.05, 0) is 19.1 Å². The molecule has 0 radical (unpaired) electrons. The molecule has 98 valence electrons. The zero-order chi connectivity index (χ0) is 13.7. The zero-order valence-electron chi connectivity index (χ0n) is 10.9. The lowest BCUT2D eigenvalue weighted by Crippen LogP contribution is -2.15. The third-order valence-electron chi connectivity index (χ3n) is 2.65. The van der Waals surface area contributed by atoms with Crippen molar-refractivity contribution >= 4 is 11.8 Å². The normalized spacial score (nSPS) is 10.0. The number of carbonyl (C=O) groups is 1. The number of nitrogens with zero attached hydrogens (tertiary/aromatic N) is 2. The van der Waals surface area contributed by atoms with Gasteiger partial charge in [0.05, 0.1) is 12.8 Å². The van der Waals surface area contributed by atoms with Crippen LogP contribution in [-0.2, 0) is 9.53 Å². The fourth-order valence-corrected chi connectivity index (χ4v) is 1.54. The molecule has 5 nitrogen and oxygen atoms in total. The third kappa shape index (κ3) is 3.51. The summed E-state index contributed by atoms with van der Waals surface area (Å²) in [5, 5.41) is 11.0. The number of esters is 1. The van der Waals surface area contributed by atoms with Gasteiger partial charge in [0, 0.05) is 5.56 Å². The highest BCUT2D eigenvalue weighted by Crippen LogP contribution is 2.17. The van der Waals surface area contributed by atoms with Gasteiger partial charge in [-0.3, -0.25) is 4.79 Å². The quantitative estimate of drug-likeness (QED) is 0.849. The second-order valence-corrected chi connectivity index (χ2v) is 4.10. The number of nitrogens with one attached hydrogen (secondary N) is 1. The SMILES string of the molecule is COC(=O)CNc1ccc(-c2ccc(C)cc2)nn1. The van der Waals surface area contributed by atoms with Gasteiger partial charge >= 0.3 is 5.97 Å². The summed E-state index contributed by atoms with van der Waals surface area (Å²) in [4.78, 5) is 11.0. The van der Waals surface area contributed by atoms with Crippen LogP contribution < -0.4 is 5.32 Å². The van der Waals surface area contributed by atoms with Crippen molar-refractivity contribution in [2.24, 2.45) is 0 Å². The van der Waals surface area contributed by atoms with E-state index in [1.54, 1.807) is 6.07 Å². The van der Waals surface area contributed by atoms with Crippen LogP contribution in [0.3, 0.4) is 0 Å². The summed E-state index contributed by atoms with van der Waals surface area (Å²) >= 11 is 0. The van der Waals surface area contributed by atoms with Gasteiger partial charge in [0.25, 0.3) is 0 Å². The van der Waals surface area contributed by atoms with Gasteiger partial charge in [0.15, 0.2) is 0 Å². The molecule has 0 bridgehead atoms. The van der Waals surface area contributed by atoms with Crippen LogP contribution in [0.4, 0.5) is 5.82 Å². The highest BCUT2D eigenvalue weighted by atomic mass is 16.5. The summed E-state index contributed by atoms with van der Waals surface area (Å²) in [6.45, 7) is 2.12. The summed E-state index contributed by atoms with van der Waals surface area (Å²) in [5.74, 6) is 0.200. The van der Waals surface area contributed by atoms with Crippen LogP contribution in [0.2, 0.25) is 0 Å². The van der Waals surface area contributed by atoms with E-state index in [0.29, 0.717) is 5.82 Å². The van der Waals surface area contributed by atoms with Crippen molar-refractivity contribution in [3.8, 4) is 11.3 Å². The summed E-state index contributed by atoms with van der Waals surface area (Å²) in [5.41, 5.74) is 3.01. The molecule has 0 saturated heterocycles. The molecule has 1 N–H and O–H groups in total. The van der Waals surface area contributed by atoms with Crippen molar-refractivity contribution in [3.05, 3.63) is 42.0 Å². The molecule has 0 spiro atoms. The molecule has 1 heterocycles. The number of rotatable bonds is 4. The van der Waals surface area contributed by atoms with Gasteiger partial charge in [-0.15, -0.1) is 10.2 Å². The van der Waals surface area contributed by atoms with Crippen LogP contribution in [0.25, 0.3) is 11.3 Å². The van der Waals surface area contributed by atoms with Crippen LogP contribution in [0.15, 0.2) is 36.4 Å². The Morgan fingerprint density at radius 2 is 1.89 bits per heavy atom. The van der Waals surface area contributed by atoms with E-state index in [2.05, 4.69) is 20.3 Å². The molecule has 0 atom stereocenters. The number of aryl methyl sites for hydroxylation is 1. The van der Waals surface area contributed by atoms with Crippen molar-refractivity contribution in [2.75, 3.05) is 19.0 Å². The number of benzene rings is 1. The van der Waals surface area contributed by atoms with E-state index < -0.39 is 0 Å². The first kappa shape index (κ1) is 13.0. The summed E-state index contributed by atoms with van der Waals surface area (Å²) in [6, 6.07) is 11.7. The van der Waals surface area contributed by atoms with Gasteiger partial charge in [0.2, 0.25) is 0 Å². The summed E-state index contributed by atoms with van der Waals surface area (Å²) < 4.78 is 4.53. The van der Waals surface area contributed by atoms with Gasteiger partial charge in [0.1, 0.15) is 12.4 Å². The maximum absolute atomic E-state index is 11.0. The Labute approximate surface area is 111 Å². The second kappa shape index (κ2) is 5.95. The number of ether oxygens (including phenoxy) is 1. The second-order valence-electron chi connectivity index (χ2n) is 4.10. The van der Waals surface area contributed by atoms with Crippen molar-refractivity contribution in [1.82, 2.24) is 10.2 Å². The fraction of sp³-hybridized carbons (Fsp3) is 0.214. The largest absolute Gasteiger partial charge is 0.468 e. The lowest BCUT2D eigenvalue weighted by Gasteiger charge is -2.04. The molecule has 0 aliphatic carbocycles. The Hall–Kier alpha value is -2.43. The topological polar surface area (TPSA) is 64.1 Å². The lowest BCUT2D eigenvalue weighted by atomic mass is 10.1. The van der Waals surface area contributed by atoms with Gasteiger partial charge in [-0.1, -0.05) is 29.8 Å². The molecule has 0 amide bonds. The predicted octanol–water partition coefficient (Wildman–Crippen LogP) is 2.04. The van der Waals surface area contributed by atoms with Crippen molar-refractivity contribution < 1.29 is 9.53 Å². The zero-order valence-corrected chi connectivity index (χ0v) is 10.9. The Morgan fingerprint density at radius 1 is 1.16 bits per heavy atom. The first-order valence-electron chi connectivity index (χ1n) is 5.90. The molecular formula is C14H15N3O2. The fourth-order valence-electron chi connectivity index (χ4n) is 1.54. The monoisotopic (exact) mass is 257 g/mol. The molecule has 0 aliphatic heterocycles. The van der Waals surface area contributed by atoms with Crippen LogP contribution in [0, 0.1) is 6.92 Å². The number of aromatic nitrogens is 2. The molecule has 0 saturated carbocycles. The number of anilines is 1. The standard InChI is InChI=1S/C14H15N3O2/c1-10-3-5-11(6-4-10)12-7-8-13(17-16-12)15-9-14(18)19-2/h3-8H,9H2,1-2H3,(H,15,17).